The summed E-state index contributed by atoms with van der Waals surface area (Å²) < 4.78 is 5.27. The van der Waals surface area contributed by atoms with Crippen LogP contribution in [0.2, 0.25) is 0 Å². The van der Waals surface area contributed by atoms with E-state index in [0.29, 0.717) is 12.3 Å². The number of hydrogen-bond acceptors (Lipinski definition) is 3. The molecular weight excluding hydrogens is 166 g/mol. The number of benzene rings is 1. The van der Waals surface area contributed by atoms with Crippen molar-refractivity contribution in [1.82, 2.24) is 0 Å². The van der Waals surface area contributed by atoms with Crippen molar-refractivity contribution in [3.8, 4) is 5.75 Å². The fourth-order valence-corrected chi connectivity index (χ4v) is 1.02. The van der Waals surface area contributed by atoms with Crippen LogP contribution in [0.1, 0.15) is 19.4 Å². The largest absolute Gasteiger partial charge is 0.494 e. The Hall–Kier alpha value is -1.51. The van der Waals surface area contributed by atoms with Crippen molar-refractivity contribution >= 4 is 5.71 Å². The van der Waals surface area contributed by atoms with Gasteiger partial charge in [-0.3, -0.25) is 0 Å². The van der Waals surface area contributed by atoms with Crippen LogP contribution in [0.5, 0.6) is 5.75 Å². The minimum atomic E-state index is 0.600. The molecule has 3 nitrogen and oxygen atoms in total. The van der Waals surface area contributed by atoms with Gasteiger partial charge in [0.05, 0.1) is 12.3 Å². The van der Waals surface area contributed by atoms with Crippen LogP contribution in [0, 0.1) is 0 Å². The van der Waals surface area contributed by atoms with Gasteiger partial charge in [-0.1, -0.05) is 5.16 Å². The van der Waals surface area contributed by atoms with Gasteiger partial charge in [0.1, 0.15) is 5.75 Å². The predicted molar refractivity (Wildman–Crippen MR) is 51.6 cm³/mol. The molecule has 0 amide bonds. The van der Waals surface area contributed by atoms with Crippen LogP contribution in [0.4, 0.5) is 0 Å². The zero-order valence-corrected chi connectivity index (χ0v) is 7.82. The molecule has 1 rings (SSSR count). The molecule has 0 radical (unpaired) electrons. The average Bonchev–Trinajstić information content (AvgIpc) is 2.18. The lowest BCUT2D eigenvalue weighted by Gasteiger charge is -2.03. The number of rotatable bonds is 3. The van der Waals surface area contributed by atoms with Crippen molar-refractivity contribution in [1.29, 1.82) is 0 Å². The molecule has 0 saturated carbocycles. The molecule has 0 bridgehead atoms. The highest BCUT2D eigenvalue weighted by Gasteiger charge is 1.97. The van der Waals surface area contributed by atoms with Crippen LogP contribution in [0.15, 0.2) is 29.4 Å². The summed E-state index contributed by atoms with van der Waals surface area (Å²) in [5.41, 5.74) is 1.49. The number of nitrogens with zero attached hydrogens (tertiary/aromatic N) is 1. The molecular formula is C10H13NO2. The number of oxime groups is 1. The zero-order chi connectivity index (χ0) is 9.68. The van der Waals surface area contributed by atoms with E-state index in [1.165, 1.54) is 0 Å². The maximum atomic E-state index is 8.52. The maximum Gasteiger partial charge on any atom is 0.119 e. The van der Waals surface area contributed by atoms with Gasteiger partial charge in [0.2, 0.25) is 0 Å². The Bertz CT molecular complexity index is 290. The van der Waals surface area contributed by atoms with E-state index in [4.69, 9.17) is 9.94 Å². The van der Waals surface area contributed by atoms with Crippen LogP contribution < -0.4 is 4.74 Å². The van der Waals surface area contributed by atoms with Gasteiger partial charge in [-0.25, -0.2) is 0 Å². The van der Waals surface area contributed by atoms with Crippen LogP contribution in [0.25, 0.3) is 0 Å². The molecule has 0 aliphatic carbocycles. The molecule has 0 unspecified atom stereocenters. The highest BCUT2D eigenvalue weighted by atomic mass is 16.5. The van der Waals surface area contributed by atoms with E-state index in [1.54, 1.807) is 6.92 Å². The minimum Gasteiger partial charge on any atom is -0.494 e. The summed E-state index contributed by atoms with van der Waals surface area (Å²) >= 11 is 0. The van der Waals surface area contributed by atoms with E-state index < -0.39 is 0 Å². The molecule has 13 heavy (non-hydrogen) atoms. The number of ether oxygens (including phenoxy) is 1. The Labute approximate surface area is 77.6 Å². The first kappa shape index (κ1) is 9.58. The zero-order valence-electron chi connectivity index (χ0n) is 7.82. The SMILES string of the molecule is CCOc1ccc(C(C)=NO)cc1. The molecule has 0 saturated heterocycles. The summed E-state index contributed by atoms with van der Waals surface area (Å²) in [6, 6.07) is 7.43. The van der Waals surface area contributed by atoms with Gasteiger partial charge in [-0.05, 0) is 43.7 Å². The lowest BCUT2D eigenvalue weighted by Crippen LogP contribution is -1.95. The molecule has 0 heterocycles. The molecule has 70 valence electrons. The molecule has 0 spiro atoms. The van der Waals surface area contributed by atoms with Gasteiger partial charge >= 0.3 is 0 Å². The second kappa shape index (κ2) is 4.50. The molecule has 0 aliphatic rings. The van der Waals surface area contributed by atoms with Gasteiger partial charge in [-0.15, -0.1) is 0 Å². The van der Waals surface area contributed by atoms with Gasteiger partial charge in [0.25, 0.3) is 0 Å². The fraction of sp³-hybridized carbons (Fsp3) is 0.300. The molecule has 1 aromatic carbocycles. The molecule has 0 aliphatic heterocycles. The second-order valence-electron chi connectivity index (χ2n) is 2.64. The van der Waals surface area contributed by atoms with Gasteiger partial charge in [0.15, 0.2) is 0 Å². The summed E-state index contributed by atoms with van der Waals surface area (Å²) in [7, 11) is 0. The van der Waals surface area contributed by atoms with E-state index in [0.717, 1.165) is 11.3 Å². The summed E-state index contributed by atoms with van der Waals surface area (Å²) in [5, 5.41) is 11.6. The van der Waals surface area contributed by atoms with Crippen molar-refractivity contribution in [2.24, 2.45) is 5.16 Å². The molecule has 0 aromatic heterocycles. The van der Waals surface area contributed by atoms with E-state index in [9.17, 15) is 0 Å². The molecule has 1 aromatic rings. The Balaban J connectivity index is 2.81. The Kier molecular flexibility index (Phi) is 3.31. The third-order valence-corrected chi connectivity index (χ3v) is 1.73. The molecule has 0 atom stereocenters. The van der Waals surface area contributed by atoms with Crippen molar-refractivity contribution < 1.29 is 9.94 Å². The van der Waals surface area contributed by atoms with E-state index >= 15 is 0 Å². The lowest BCUT2D eigenvalue weighted by atomic mass is 10.1. The monoisotopic (exact) mass is 179 g/mol. The molecule has 0 fully saturated rings. The fourth-order valence-electron chi connectivity index (χ4n) is 1.02. The van der Waals surface area contributed by atoms with Crippen molar-refractivity contribution in [3.63, 3.8) is 0 Å². The standard InChI is InChI=1S/C10H13NO2/c1-3-13-10-6-4-9(5-7-10)8(2)11-12/h4-7,12H,3H2,1-2H3. The van der Waals surface area contributed by atoms with Crippen molar-refractivity contribution in [2.75, 3.05) is 6.61 Å². The van der Waals surface area contributed by atoms with E-state index in [1.807, 2.05) is 31.2 Å². The molecule has 1 N–H and O–H groups in total. The smallest absolute Gasteiger partial charge is 0.119 e. The van der Waals surface area contributed by atoms with Crippen molar-refractivity contribution in [2.45, 2.75) is 13.8 Å². The Morgan fingerprint density at radius 3 is 2.46 bits per heavy atom. The summed E-state index contributed by atoms with van der Waals surface area (Å²) in [4.78, 5) is 0. The highest BCUT2D eigenvalue weighted by Crippen LogP contribution is 2.12. The minimum absolute atomic E-state index is 0.600. The van der Waals surface area contributed by atoms with Crippen LogP contribution in [-0.2, 0) is 0 Å². The van der Waals surface area contributed by atoms with E-state index in [-0.39, 0.29) is 0 Å². The van der Waals surface area contributed by atoms with Gasteiger partial charge < -0.3 is 9.94 Å². The first-order valence-electron chi connectivity index (χ1n) is 4.19. The number of hydrogen-bond donors (Lipinski definition) is 1. The van der Waals surface area contributed by atoms with Crippen LogP contribution in [0.3, 0.4) is 0 Å². The quantitative estimate of drug-likeness (QED) is 0.439. The first-order valence-corrected chi connectivity index (χ1v) is 4.19. The van der Waals surface area contributed by atoms with Crippen LogP contribution >= 0.6 is 0 Å². The third-order valence-electron chi connectivity index (χ3n) is 1.73. The topological polar surface area (TPSA) is 41.8 Å². The maximum absolute atomic E-state index is 8.52. The summed E-state index contributed by atoms with van der Waals surface area (Å²) in [6.45, 7) is 4.34. The van der Waals surface area contributed by atoms with Gasteiger partial charge in [0, 0.05) is 0 Å². The first-order chi connectivity index (χ1) is 6.27. The second-order valence-corrected chi connectivity index (χ2v) is 2.64. The van der Waals surface area contributed by atoms with E-state index in [2.05, 4.69) is 5.16 Å². The predicted octanol–water partition coefficient (Wildman–Crippen LogP) is 2.28. The summed E-state index contributed by atoms with van der Waals surface area (Å²) in [6.07, 6.45) is 0. The van der Waals surface area contributed by atoms with Crippen LogP contribution in [-0.4, -0.2) is 17.5 Å². The molecule has 3 heteroatoms. The average molecular weight is 179 g/mol. The summed E-state index contributed by atoms with van der Waals surface area (Å²) in [5.74, 6) is 0.831. The lowest BCUT2D eigenvalue weighted by molar-refractivity contribution is 0.319. The van der Waals surface area contributed by atoms with Gasteiger partial charge in [-0.2, -0.15) is 0 Å². The highest BCUT2D eigenvalue weighted by molar-refractivity contribution is 5.98. The Morgan fingerprint density at radius 1 is 1.38 bits per heavy atom. The Morgan fingerprint density at radius 2 is 2.00 bits per heavy atom. The normalized spacial score (nSPS) is 11.4. The third kappa shape index (κ3) is 2.47. The van der Waals surface area contributed by atoms with Crippen molar-refractivity contribution in [3.05, 3.63) is 29.8 Å².